The maximum absolute atomic E-state index is 14.1. The summed E-state index contributed by atoms with van der Waals surface area (Å²) in [7, 11) is 0. The Kier molecular flexibility index (Phi) is 3.74. The smallest absolute Gasteiger partial charge is 0.257 e. The molecule has 108 valence electrons. The van der Waals surface area contributed by atoms with Gasteiger partial charge in [-0.1, -0.05) is 12.1 Å². The molecule has 1 aromatic rings. The van der Waals surface area contributed by atoms with Crippen LogP contribution in [0.15, 0.2) is 18.2 Å². The molecule has 2 fully saturated rings. The lowest BCUT2D eigenvalue weighted by Gasteiger charge is -2.29. The highest BCUT2D eigenvalue weighted by Gasteiger charge is 2.36. The molecule has 4 heteroatoms. The van der Waals surface area contributed by atoms with Crippen molar-refractivity contribution in [3.05, 3.63) is 35.1 Å². The lowest BCUT2D eigenvalue weighted by Crippen LogP contribution is -2.46. The van der Waals surface area contributed by atoms with E-state index in [1.165, 1.54) is 6.42 Å². The van der Waals surface area contributed by atoms with Crippen LogP contribution in [-0.2, 0) is 0 Å². The molecule has 2 heterocycles. The number of amides is 1. The van der Waals surface area contributed by atoms with Crippen LogP contribution in [0.1, 0.15) is 41.6 Å². The number of likely N-dealkylation sites (tertiary alicyclic amines) is 1. The first-order chi connectivity index (χ1) is 9.68. The van der Waals surface area contributed by atoms with Crippen LogP contribution in [0.4, 0.5) is 4.39 Å². The normalized spacial score (nSPS) is 26.2. The largest absolute Gasteiger partial charge is 0.334 e. The number of nitrogens with one attached hydrogen (secondary N) is 1. The van der Waals surface area contributed by atoms with Crippen LogP contribution >= 0.6 is 0 Å². The van der Waals surface area contributed by atoms with E-state index in [9.17, 15) is 9.18 Å². The van der Waals surface area contributed by atoms with Crippen molar-refractivity contribution in [1.82, 2.24) is 10.2 Å². The summed E-state index contributed by atoms with van der Waals surface area (Å²) in [6, 6.07) is 5.66. The number of rotatable bonds is 2. The Labute approximate surface area is 119 Å². The van der Waals surface area contributed by atoms with Gasteiger partial charge in [-0.05, 0) is 50.8 Å². The van der Waals surface area contributed by atoms with Gasteiger partial charge in [0.25, 0.3) is 5.91 Å². The molecule has 2 aliphatic rings. The topological polar surface area (TPSA) is 32.3 Å². The second kappa shape index (κ2) is 5.52. The van der Waals surface area contributed by atoms with Gasteiger partial charge in [0.2, 0.25) is 0 Å². The third-order valence-corrected chi connectivity index (χ3v) is 4.55. The number of carbonyl (C=O) groups excluding carboxylic acids is 1. The van der Waals surface area contributed by atoms with Gasteiger partial charge in [0.15, 0.2) is 0 Å². The Hall–Kier alpha value is -1.42. The molecule has 2 unspecified atom stereocenters. The summed E-state index contributed by atoms with van der Waals surface area (Å²) >= 11 is 0. The van der Waals surface area contributed by atoms with E-state index in [-0.39, 0.29) is 23.3 Å². The number of carbonyl (C=O) groups is 1. The maximum Gasteiger partial charge on any atom is 0.257 e. The second-order valence-electron chi connectivity index (χ2n) is 5.85. The molecule has 2 saturated heterocycles. The first kappa shape index (κ1) is 13.6. The maximum atomic E-state index is 14.1. The van der Waals surface area contributed by atoms with Crippen LogP contribution < -0.4 is 5.32 Å². The van der Waals surface area contributed by atoms with E-state index in [0.29, 0.717) is 11.6 Å². The van der Waals surface area contributed by atoms with Crippen molar-refractivity contribution in [3.63, 3.8) is 0 Å². The van der Waals surface area contributed by atoms with Crippen LogP contribution in [0.25, 0.3) is 0 Å². The Morgan fingerprint density at radius 2 is 2.20 bits per heavy atom. The number of hydrogen-bond donors (Lipinski definition) is 1. The van der Waals surface area contributed by atoms with E-state index < -0.39 is 0 Å². The van der Waals surface area contributed by atoms with Gasteiger partial charge in [-0.25, -0.2) is 4.39 Å². The van der Waals surface area contributed by atoms with Crippen molar-refractivity contribution in [2.45, 2.75) is 44.7 Å². The minimum atomic E-state index is -0.373. The number of aryl methyl sites for hydroxylation is 1. The Balaban J connectivity index is 1.83. The number of halogens is 1. The summed E-state index contributed by atoms with van der Waals surface area (Å²) in [4.78, 5) is 14.5. The minimum Gasteiger partial charge on any atom is -0.334 e. The van der Waals surface area contributed by atoms with Gasteiger partial charge < -0.3 is 10.2 Å². The summed E-state index contributed by atoms with van der Waals surface area (Å²) in [5.41, 5.74) is 0.750. The van der Waals surface area contributed by atoms with E-state index in [4.69, 9.17) is 0 Å². The van der Waals surface area contributed by atoms with E-state index in [1.54, 1.807) is 25.1 Å². The number of benzene rings is 1. The predicted molar refractivity (Wildman–Crippen MR) is 76.2 cm³/mol. The highest BCUT2D eigenvalue weighted by Crippen LogP contribution is 2.27. The van der Waals surface area contributed by atoms with Crippen molar-refractivity contribution in [2.24, 2.45) is 0 Å². The quantitative estimate of drug-likeness (QED) is 0.900. The van der Waals surface area contributed by atoms with Crippen LogP contribution in [-0.4, -0.2) is 36.0 Å². The molecule has 0 radical (unpaired) electrons. The summed E-state index contributed by atoms with van der Waals surface area (Å²) in [6.45, 7) is 3.48. The number of nitrogens with zero attached hydrogens (tertiary/aromatic N) is 1. The SMILES string of the molecule is Cc1cccc(C(=O)N2CCCC2C2CCCN2)c1F. The fourth-order valence-corrected chi connectivity index (χ4v) is 3.47. The Bertz CT molecular complexity index is 511. The van der Waals surface area contributed by atoms with Crippen molar-refractivity contribution in [1.29, 1.82) is 0 Å². The van der Waals surface area contributed by atoms with E-state index in [2.05, 4.69) is 5.32 Å². The average Bonchev–Trinajstić information content (AvgIpc) is 3.10. The van der Waals surface area contributed by atoms with Crippen molar-refractivity contribution < 1.29 is 9.18 Å². The fraction of sp³-hybridized carbons (Fsp3) is 0.562. The standard InChI is InChI=1S/C16H21FN2O/c1-11-5-2-6-12(15(11)17)16(20)19-10-4-8-14(19)13-7-3-9-18-13/h2,5-6,13-14,18H,3-4,7-10H2,1H3. The molecule has 1 amide bonds. The van der Waals surface area contributed by atoms with Crippen molar-refractivity contribution in [2.75, 3.05) is 13.1 Å². The molecule has 20 heavy (non-hydrogen) atoms. The molecule has 2 atom stereocenters. The van der Waals surface area contributed by atoms with E-state index in [1.807, 2.05) is 4.90 Å². The van der Waals surface area contributed by atoms with Gasteiger partial charge in [-0.2, -0.15) is 0 Å². The van der Waals surface area contributed by atoms with Crippen LogP contribution in [0, 0.1) is 12.7 Å². The van der Waals surface area contributed by atoms with E-state index >= 15 is 0 Å². The number of hydrogen-bond acceptors (Lipinski definition) is 2. The molecule has 1 aromatic carbocycles. The zero-order valence-corrected chi connectivity index (χ0v) is 11.9. The summed E-state index contributed by atoms with van der Waals surface area (Å²) in [5.74, 6) is -0.523. The minimum absolute atomic E-state index is 0.151. The Morgan fingerprint density at radius 3 is 2.95 bits per heavy atom. The summed E-state index contributed by atoms with van der Waals surface area (Å²) < 4.78 is 14.1. The molecular formula is C16H21FN2O. The molecular weight excluding hydrogens is 255 g/mol. The molecule has 0 bridgehead atoms. The fourth-order valence-electron chi connectivity index (χ4n) is 3.47. The Morgan fingerprint density at radius 1 is 1.35 bits per heavy atom. The first-order valence-electron chi connectivity index (χ1n) is 7.48. The van der Waals surface area contributed by atoms with Gasteiger partial charge >= 0.3 is 0 Å². The van der Waals surface area contributed by atoms with Crippen LogP contribution in [0.2, 0.25) is 0 Å². The third kappa shape index (κ3) is 2.33. The van der Waals surface area contributed by atoms with Gasteiger partial charge in [0, 0.05) is 18.6 Å². The highest BCUT2D eigenvalue weighted by atomic mass is 19.1. The van der Waals surface area contributed by atoms with Crippen molar-refractivity contribution in [3.8, 4) is 0 Å². The van der Waals surface area contributed by atoms with Gasteiger partial charge in [-0.15, -0.1) is 0 Å². The molecule has 1 N–H and O–H groups in total. The summed E-state index contributed by atoms with van der Waals surface area (Å²) in [6.07, 6.45) is 4.33. The van der Waals surface area contributed by atoms with Gasteiger partial charge in [0.1, 0.15) is 5.82 Å². The van der Waals surface area contributed by atoms with Gasteiger partial charge in [-0.3, -0.25) is 4.79 Å². The molecule has 0 spiro atoms. The zero-order chi connectivity index (χ0) is 14.1. The zero-order valence-electron chi connectivity index (χ0n) is 11.9. The second-order valence-corrected chi connectivity index (χ2v) is 5.85. The highest BCUT2D eigenvalue weighted by molar-refractivity contribution is 5.95. The van der Waals surface area contributed by atoms with Crippen molar-refractivity contribution >= 4 is 5.91 Å². The molecule has 3 nitrogen and oxygen atoms in total. The van der Waals surface area contributed by atoms with E-state index in [0.717, 1.165) is 32.4 Å². The molecule has 0 saturated carbocycles. The lowest BCUT2D eigenvalue weighted by atomic mass is 10.0. The lowest BCUT2D eigenvalue weighted by molar-refractivity contribution is 0.0706. The molecule has 0 aromatic heterocycles. The summed E-state index contributed by atoms with van der Waals surface area (Å²) in [5, 5.41) is 3.47. The van der Waals surface area contributed by atoms with Gasteiger partial charge in [0.05, 0.1) is 5.56 Å². The van der Waals surface area contributed by atoms with Crippen LogP contribution in [0.3, 0.4) is 0 Å². The third-order valence-electron chi connectivity index (χ3n) is 4.55. The molecule has 3 rings (SSSR count). The predicted octanol–water partition coefficient (Wildman–Crippen LogP) is 2.49. The first-order valence-corrected chi connectivity index (χ1v) is 7.48. The molecule has 0 aliphatic carbocycles. The molecule has 2 aliphatic heterocycles. The van der Waals surface area contributed by atoms with Crippen LogP contribution in [0.5, 0.6) is 0 Å². The monoisotopic (exact) mass is 276 g/mol. The average molecular weight is 276 g/mol.